The molecule has 0 spiro atoms. The highest BCUT2D eigenvalue weighted by molar-refractivity contribution is 7.86. The zero-order valence-electron chi connectivity index (χ0n) is 21.6. The topological polar surface area (TPSA) is 116 Å². The largest absolute Gasteiger partial charge is 0.382 e. The zero-order chi connectivity index (χ0) is 29.3. The highest BCUT2D eigenvalue weighted by Gasteiger charge is 2.29. The van der Waals surface area contributed by atoms with Crippen molar-refractivity contribution in [1.29, 1.82) is 0 Å². The molecule has 1 aromatic carbocycles. The lowest BCUT2D eigenvalue weighted by Crippen LogP contribution is -2.49. The lowest BCUT2D eigenvalue weighted by Gasteiger charge is -2.34. The molecule has 1 fully saturated rings. The second-order valence-corrected chi connectivity index (χ2v) is 11.7. The van der Waals surface area contributed by atoms with Crippen molar-refractivity contribution in [3.8, 4) is 5.75 Å². The van der Waals surface area contributed by atoms with Gasteiger partial charge >= 0.3 is 10.1 Å². The van der Waals surface area contributed by atoms with Crippen molar-refractivity contribution in [1.82, 2.24) is 19.7 Å². The second-order valence-electron chi connectivity index (χ2n) is 9.31. The van der Waals surface area contributed by atoms with Crippen LogP contribution in [-0.4, -0.2) is 66.4 Å². The first-order chi connectivity index (χ1) is 19.5. The van der Waals surface area contributed by atoms with E-state index in [1.807, 2.05) is 4.90 Å². The molecule has 0 N–H and O–H groups in total. The molecule has 0 radical (unpaired) electrons. The van der Waals surface area contributed by atoms with Crippen LogP contribution in [0.25, 0.3) is 0 Å². The molecule has 17 heteroatoms. The normalized spacial score (nSPS) is 18.1. The number of anilines is 1. The first kappa shape index (κ1) is 29.2. The Labute approximate surface area is 236 Å². The van der Waals surface area contributed by atoms with Gasteiger partial charge in [0.05, 0.1) is 19.5 Å². The number of fused-ring (bicyclic) bond motifs is 1. The fourth-order valence-corrected chi connectivity index (χ4v) is 5.82. The van der Waals surface area contributed by atoms with Gasteiger partial charge in [-0.2, -0.15) is 13.5 Å². The summed E-state index contributed by atoms with van der Waals surface area (Å²) in [7, 11) is -3.73. The number of ether oxygens (including phenoxy) is 2. The number of aromatic nitrogens is 3. The van der Waals surface area contributed by atoms with Crippen LogP contribution in [0.1, 0.15) is 47.3 Å². The molecule has 222 valence electrons. The summed E-state index contributed by atoms with van der Waals surface area (Å²) in [6, 6.07) is 5.62. The molecular weight excluding hydrogens is 594 g/mol. The SMILES string of the molecule is CS(=O)(=O)Oc1cccc2c1COC(c1csc(N3CCN(C(=O)Cn4nc(C(F)F)cc4C(F)F)CC3)n1)OC2. The lowest BCUT2D eigenvalue weighted by molar-refractivity contribution is -0.155. The first-order valence-corrected chi connectivity index (χ1v) is 15.0. The average molecular weight is 620 g/mol. The number of halogens is 4. The molecule has 0 saturated carbocycles. The number of benzene rings is 1. The van der Waals surface area contributed by atoms with E-state index in [1.165, 1.54) is 16.2 Å². The van der Waals surface area contributed by atoms with E-state index in [4.69, 9.17) is 13.7 Å². The van der Waals surface area contributed by atoms with E-state index in [1.54, 1.807) is 23.6 Å². The lowest BCUT2D eigenvalue weighted by atomic mass is 10.1. The van der Waals surface area contributed by atoms with Gasteiger partial charge in [-0.25, -0.2) is 22.5 Å². The quantitative estimate of drug-likeness (QED) is 0.275. The Bertz CT molecular complexity index is 1510. The third kappa shape index (κ3) is 6.79. The molecule has 1 saturated heterocycles. The second kappa shape index (κ2) is 11.9. The van der Waals surface area contributed by atoms with Gasteiger partial charge in [0.1, 0.15) is 29.4 Å². The number of alkyl halides is 4. The zero-order valence-corrected chi connectivity index (χ0v) is 23.2. The standard InChI is InChI=1S/C24H25F4N5O6S2/c1-41(35,36)39-19-4-2-3-14-11-37-23(38-12-15(14)19)17-13-40-24(29-17)32-7-5-31(6-8-32)20(34)10-33-18(22(27)28)9-16(30-33)21(25)26/h2-4,9,13,21-23H,5-8,10-12H2,1H3. The highest BCUT2D eigenvalue weighted by atomic mass is 32.2. The molecule has 0 aliphatic carbocycles. The van der Waals surface area contributed by atoms with Crippen LogP contribution < -0.4 is 9.08 Å². The van der Waals surface area contributed by atoms with Gasteiger partial charge in [0.2, 0.25) is 12.2 Å². The maximum atomic E-state index is 13.3. The summed E-state index contributed by atoms with van der Waals surface area (Å²) >= 11 is 1.35. The summed E-state index contributed by atoms with van der Waals surface area (Å²) in [6.45, 7) is 0.991. The van der Waals surface area contributed by atoms with Crippen molar-refractivity contribution in [2.75, 3.05) is 37.3 Å². The van der Waals surface area contributed by atoms with E-state index in [9.17, 15) is 30.8 Å². The van der Waals surface area contributed by atoms with Gasteiger partial charge in [0.25, 0.3) is 12.9 Å². The summed E-state index contributed by atoms with van der Waals surface area (Å²) in [5, 5.41) is 5.92. The van der Waals surface area contributed by atoms with Crippen LogP contribution in [0.15, 0.2) is 29.6 Å². The van der Waals surface area contributed by atoms with Gasteiger partial charge < -0.3 is 23.5 Å². The predicted octanol–water partition coefficient (Wildman–Crippen LogP) is 3.65. The van der Waals surface area contributed by atoms with E-state index in [0.29, 0.717) is 40.2 Å². The molecule has 0 bridgehead atoms. The van der Waals surface area contributed by atoms with Gasteiger partial charge in [-0.05, 0) is 17.7 Å². The van der Waals surface area contributed by atoms with Crippen molar-refractivity contribution in [2.45, 2.75) is 38.9 Å². The molecule has 2 aliphatic heterocycles. The van der Waals surface area contributed by atoms with Crippen LogP contribution in [0.3, 0.4) is 0 Å². The Hall–Kier alpha value is -3.28. The van der Waals surface area contributed by atoms with Crippen molar-refractivity contribution in [2.24, 2.45) is 0 Å². The molecule has 1 unspecified atom stereocenters. The van der Waals surface area contributed by atoms with Crippen molar-refractivity contribution >= 4 is 32.5 Å². The van der Waals surface area contributed by atoms with Crippen LogP contribution in [0.5, 0.6) is 5.75 Å². The van der Waals surface area contributed by atoms with Gasteiger partial charge in [0.15, 0.2) is 5.13 Å². The molecule has 2 aromatic heterocycles. The van der Waals surface area contributed by atoms with Crippen molar-refractivity contribution in [3.63, 3.8) is 0 Å². The first-order valence-electron chi connectivity index (χ1n) is 12.3. The monoisotopic (exact) mass is 619 g/mol. The molecule has 11 nitrogen and oxygen atoms in total. The number of rotatable bonds is 8. The molecule has 2 aliphatic rings. The van der Waals surface area contributed by atoms with Crippen LogP contribution in [0, 0.1) is 0 Å². The molecular formula is C24H25F4N5O6S2. The summed E-state index contributed by atoms with van der Waals surface area (Å²) in [5.74, 6) is -0.331. The molecule has 3 aromatic rings. The Morgan fingerprint density at radius 1 is 1.12 bits per heavy atom. The van der Waals surface area contributed by atoms with Crippen LogP contribution in [0.4, 0.5) is 22.7 Å². The third-order valence-electron chi connectivity index (χ3n) is 6.46. The number of thiazole rings is 1. The molecule has 5 rings (SSSR count). The fraction of sp³-hybridized carbons (Fsp3) is 0.458. The van der Waals surface area contributed by atoms with Gasteiger partial charge in [-0.3, -0.25) is 9.48 Å². The van der Waals surface area contributed by atoms with E-state index in [0.717, 1.165) is 11.8 Å². The molecule has 4 heterocycles. The summed E-state index contributed by atoms with van der Waals surface area (Å²) in [6.07, 6.45) is -5.91. The Kier molecular flexibility index (Phi) is 8.49. The van der Waals surface area contributed by atoms with Crippen molar-refractivity contribution in [3.05, 3.63) is 57.9 Å². The minimum Gasteiger partial charge on any atom is -0.382 e. The van der Waals surface area contributed by atoms with Gasteiger partial charge in [0, 0.05) is 37.1 Å². The number of carbonyl (C=O) groups is 1. The van der Waals surface area contributed by atoms with E-state index < -0.39 is 53.1 Å². The van der Waals surface area contributed by atoms with Gasteiger partial charge in [-0.1, -0.05) is 12.1 Å². The smallest absolute Gasteiger partial charge is 0.306 e. The fourth-order valence-electron chi connectivity index (χ4n) is 4.46. The molecule has 41 heavy (non-hydrogen) atoms. The number of carbonyl (C=O) groups excluding carboxylic acids is 1. The number of hydrogen-bond acceptors (Lipinski definition) is 10. The molecule has 1 amide bonds. The van der Waals surface area contributed by atoms with Crippen LogP contribution in [0.2, 0.25) is 0 Å². The highest BCUT2D eigenvalue weighted by Crippen LogP contribution is 2.34. The predicted molar refractivity (Wildman–Crippen MR) is 137 cm³/mol. The summed E-state index contributed by atoms with van der Waals surface area (Å²) < 4.78 is 93.1. The van der Waals surface area contributed by atoms with Gasteiger partial charge in [-0.15, -0.1) is 11.3 Å². The Morgan fingerprint density at radius 2 is 1.85 bits per heavy atom. The van der Waals surface area contributed by atoms with E-state index in [2.05, 4.69) is 10.1 Å². The minimum absolute atomic E-state index is 0.0433. The minimum atomic E-state index is -3.73. The molecule has 1 atom stereocenters. The maximum Gasteiger partial charge on any atom is 0.306 e. The Balaban J connectivity index is 1.18. The van der Waals surface area contributed by atoms with Crippen LogP contribution in [-0.2, 0) is 44.1 Å². The number of hydrogen-bond donors (Lipinski definition) is 0. The average Bonchev–Trinajstić information content (AvgIpc) is 3.51. The van der Waals surface area contributed by atoms with E-state index in [-0.39, 0.29) is 32.1 Å². The van der Waals surface area contributed by atoms with E-state index >= 15 is 0 Å². The Morgan fingerprint density at radius 3 is 2.54 bits per heavy atom. The number of amides is 1. The summed E-state index contributed by atoms with van der Waals surface area (Å²) in [4.78, 5) is 20.8. The van der Waals surface area contributed by atoms with Crippen LogP contribution >= 0.6 is 11.3 Å². The van der Waals surface area contributed by atoms with Crippen molar-refractivity contribution < 1.29 is 44.4 Å². The number of piperazine rings is 1. The number of nitrogens with zero attached hydrogens (tertiary/aromatic N) is 5. The summed E-state index contributed by atoms with van der Waals surface area (Å²) in [5.41, 5.74) is 0.289. The maximum absolute atomic E-state index is 13.3. The third-order valence-corrected chi connectivity index (χ3v) is 7.86.